The topological polar surface area (TPSA) is 0 Å². The van der Waals surface area contributed by atoms with Crippen molar-refractivity contribution in [2.24, 2.45) is 0 Å². The van der Waals surface area contributed by atoms with Crippen LogP contribution in [0.1, 0.15) is 56.1 Å². The summed E-state index contributed by atoms with van der Waals surface area (Å²) >= 11 is 7.25. The molecule has 122 valence electrons. The van der Waals surface area contributed by atoms with Gasteiger partial charge in [0.2, 0.25) is 0 Å². The van der Waals surface area contributed by atoms with E-state index in [-0.39, 0.29) is 0 Å². The van der Waals surface area contributed by atoms with Gasteiger partial charge in [0.1, 0.15) is 0 Å². The molecule has 0 saturated heterocycles. The quantitative estimate of drug-likeness (QED) is 0.333. The molecule has 0 bridgehead atoms. The van der Waals surface area contributed by atoms with E-state index in [1.54, 1.807) is 5.57 Å². The van der Waals surface area contributed by atoms with Crippen molar-refractivity contribution >= 4 is 31.9 Å². The SMILES string of the molecule is C#C.C=CCC1C2=CCC(Br)=CCC2c2ccc(Br)cc21.CC. The lowest BCUT2D eigenvalue weighted by atomic mass is 9.90. The predicted molar refractivity (Wildman–Crippen MR) is 110 cm³/mol. The second kappa shape index (κ2) is 9.96. The van der Waals surface area contributed by atoms with Gasteiger partial charge in [-0.15, -0.1) is 19.4 Å². The van der Waals surface area contributed by atoms with Crippen molar-refractivity contribution in [2.75, 3.05) is 0 Å². The van der Waals surface area contributed by atoms with Gasteiger partial charge in [0, 0.05) is 16.3 Å². The lowest BCUT2D eigenvalue weighted by Gasteiger charge is -2.14. The van der Waals surface area contributed by atoms with Crippen LogP contribution in [0.4, 0.5) is 0 Å². The normalized spacial score (nSPS) is 21.0. The summed E-state index contributed by atoms with van der Waals surface area (Å²) in [4.78, 5) is 0. The average Bonchev–Trinajstić information content (AvgIpc) is 2.73. The van der Waals surface area contributed by atoms with Crippen LogP contribution >= 0.6 is 31.9 Å². The van der Waals surface area contributed by atoms with E-state index in [0.717, 1.165) is 19.3 Å². The number of halogens is 2. The van der Waals surface area contributed by atoms with Gasteiger partial charge in [-0.2, -0.15) is 0 Å². The molecule has 0 heterocycles. The Labute approximate surface area is 158 Å². The Morgan fingerprint density at radius 2 is 1.87 bits per heavy atom. The highest BCUT2D eigenvalue weighted by atomic mass is 79.9. The van der Waals surface area contributed by atoms with Gasteiger partial charge in [-0.3, -0.25) is 0 Å². The molecule has 1 aromatic rings. The maximum atomic E-state index is 4.00. The zero-order chi connectivity index (χ0) is 17.4. The standard InChI is InChI=1S/C17H16Br2.C2H6.C2H2/c1-2-3-13-14-7-4-11(18)5-8-15(14)16-9-6-12(19)10-17(13)16;2*1-2/h2,5-7,9-10,13,15H,1,3-4,8H2;1-2H3;1-2H. The zero-order valence-corrected chi connectivity index (χ0v) is 17.0. The van der Waals surface area contributed by atoms with E-state index >= 15 is 0 Å². The maximum absolute atomic E-state index is 4.00. The van der Waals surface area contributed by atoms with E-state index in [1.165, 1.54) is 20.1 Å². The fourth-order valence-electron chi connectivity index (χ4n) is 3.29. The van der Waals surface area contributed by atoms with Crippen molar-refractivity contribution in [3.05, 3.63) is 68.7 Å². The molecule has 0 nitrogen and oxygen atoms in total. The molecule has 0 aliphatic heterocycles. The van der Waals surface area contributed by atoms with Crippen LogP contribution in [0.25, 0.3) is 0 Å². The van der Waals surface area contributed by atoms with Gasteiger partial charge in [0.05, 0.1) is 0 Å². The average molecular weight is 436 g/mol. The third-order valence-corrected chi connectivity index (χ3v) is 5.26. The highest BCUT2D eigenvalue weighted by Gasteiger charge is 2.34. The van der Waals surface area contributed by atoms with Crippen molar-refractivity contribution in [1.82, 2.24) is 0 Å². The summed E-state index contributed by atoms with van der Waals surface area (Å²) in [5, 5.41) is 0. The zero-order valence-electron chi connectivity index (χ0n) is 13.9. The predicted octanol–water partition coefficient (Wildman–Crippen LogP) is 7.48. The van der Waals surface area contributed by atoms with Gasteiger partial charge in [-0.1, -0.05) is 75.6 Å². The molecule has 0 N–H and O–H groups in total. The minimum atomic E-state index is 0.516. The number of hydrogen-bond acceptors (Lipinski definition) is 0. The Balaban J connectivity index is 0.000000615. The summed E-state index contributed by atoms with van der Waals surface area (Å²) in [5.74, 6) is 1.07. The van der Waals surface area contributed by atoms with Crippen LogP contribution in [0.2, 0.25) is 0 Å². The lowest BCUT2D eigenvalue weighted by Crippen LogP contribution is -1.98. The van der Waals surface area contributed by atoms with Crippen LogP contribution in [0.15, 0.2) is 57.5 Å². The molecular formula is C21H24Br2. The third-order valence-electron chi connectivity index (χ3n) is 4.11. The number of terminal acetylenes is 1. The largest absolute Gasteiger partial charge is 0.124 e. The smallest absolute Gasteiger partial charge is 0.0178 e. The van der Waals surface area contributed by atoms with Crippen molar-refractivity contribution < 1.29 is 0 Å². The summed E-state index contributed by atoms with van der Waals surface area (Å²) in [5.41, 5.74) is 4.57. The van der Waals surface area contributed by atoms with E-state index < -0.39 is 0 Å². The van der Waals surface area contributed by atoms with Gasteiger partial charge in [-0.05, 0) is 47.0 Å². The number of rotatable bonds is 2. The molecule has 0 aromatic heterocycles. The first-order valence-electron chi connectivity index (χ1n) is 7.98. The van der Waals surface area contributed by atoms with Crippen molar-refractivity contribution in [1.29, 1.82) is 0 Å². The van der Waals surface area contributed by atoms with Crippen molar-refractivity contribution in [3.63, 3.8) is 0 Å². The van der Waals surface area contributed by atoms with Crippen molar-refractivity contribution in [2.45, 2.75) is 44.9 Å². The highest BCUT2D eigenvalue weighted by molar-refractivity contribution is 9.11. The van der Waals surface area contributed by atoms with E-state index in [1.807, 2.05) is 19.9 Å². The van der Waals surface area contributed by atoms with E-state index in [4.69, 9.17) is 0 Å². The minimum Gasteiger partial charge on any atom is -0.124 e. The molecule has 2 atom stereocenters. The Bertz CT molecular complexity index is 620. The van der Waals surface area contributed by atoms with Crippen LogP contribution in [-0.4, -0.2) is 0 Å². The summed E-state index contributed by atoms with van der Waals surface area (Å²) < 4.78 is 2.49. The Kier molecular flexibility index (Phi) is 8.66. The Morgan fingerprint density at radius 1 is 1.17 bits per heavy atom. The van der Waals surface area contributed by atoms with Gasteiger partial charge in [0.25, 0.3) is 0 Å². The van der Waals surface area contributed by atoms with Gasteiger partial charge >= 0.3 is 0 Å². The number of hydrogen-bond donors (Lipinski definition) is 0. The maximum Gasteiger partial charge on any atom is 0.0178 e. The molecule has 0 spiro atoms. The van der Waals surface area contributed by atoms with Crippen LogP contribution in [0.5, 0.6) is 0 Å². The molecule has 0 saturated carbocycles. The van der Waals surface area contributed by atoms with Crippen LogP contribution in [0, 0.1) is 12.8 Å². The van der Waals surface area contributed by atoms with Crippen molar-refractivity contribution in [3.8, 4) is 12.8 Å². The lowest BCUT2D eigenvalue weighted by molar-refractivity contribution is 0.758. The summed E-state index contributed by atoms with van der Waals surface area (Å²) in [7, 11) is 0. The molecule has 2 aliphatic carbocycles. The molecular weight excluding hydrogens is 412 g/mol. The monoisotopic (exact) mass is 434 g/mol. The summed E-state index contributed by atoms with van der Waals surface area (Å²) in [6.07, 6.45) is 18.0. The van der Waals surface area contributed by atoms with Gasteiger partial charge in [-0.25, -0.2) is 0 Å². The minimum absolute atomic E-state index is 0.516. The van der Waals surface area contributed by atoms with Gasteiger partial charge < -0.3 is 0 Å². The van der Waals surface area contributed by atoms with Crippen LogP contribution in [0.3, 0.4) is 0 Å². The summed E-state index contributed by atoms with van der Waals surface area (Å²) in [6.45, 7) is 7.93. The first-order chi connectivity index (χ1) is 11.2. The highest BCUT2D eigenvalue weighted by Crippen LogP contribution is 2.51. The van der Waals surface area contributed by atoms with E-state index in [0.29, 0.717) is 11.8 Å². The first kappa shape index (κ1) is 20.0. The molecule has 2 heteroatoms. The third kappa shape index (κ3) is 4.49. The molecule has 3 rings (SSSR count). The molecule has 23 heavy (non-hydrogen) atoms. The molecule has 0 amide bonds. The van der Waals surface area contributed by atoms with Crippen LogP contribution in [-0.2, 0) is 0 Å². The molecule has 0 radical (unpaired) electrons. The Morgan fingerprint density at radius 3 is 2.52 bits per heavy atom. The van der Waals surface area contributed by atoms with Gasteiger partial charge in [0.15, 0.2) is 0 Å². The van der Waals surface area contributed by atoms with E-state index in [2.05, 4.69) is 81.6 Å². The fourth-order valence-corrected chi connectivity index (χ4v) is 4.02. The molecule has 2 aliphatic rings. The first-order valence-corrected chi connectivity index (χ1v) is 9.57. The molecule has 1 aromatic carbocycles. The Hall–Kier alpha value is -1.04. The fraction of sp³-hybridized carbons (Fsp3) is 0.333. The second-order valence-electron chi connectivity index (χ2n) is 5.20. The van der Waals surface area contributed by atoms with E-state index in [9.17, 15) is 0 Å². The number of allylic oxidation sites excluding steroid dienone is 5. The number of fused-ring (bicyclic) bond motifs is 3. The number of benzene rings is 1. The summed E-state index contributed by atoms with van der Waals surface area (Å²) in [6, 6.07) is 6.74. The molecule has 2 unspecified atom stereocenters. The molecule has 0 fully saturated rings. The second-order valence-corrected chi connectivity index (χ2v) is 7.13. The van der Waals surface area contributed by atoms with Crippen LogP contribution < -0.4 is 0 Å².